The molecule has 0 saturated carbocycles. The Morgan fingerprint density at radius 2 is 2.08 bits per heavy atom. The Labute approximate surface area is 158 Å². The summed E-state index contributed by atoms with van der Waals surface area (Å²) < 4.78 is 6.05. The molecule has 1 saturated heterocycles. The fourth-order valence-corrected chi connectivity index (χ4v) is 3.78. The van der Waals surface area contributed by atoms with E-state index in [1.807, 2.05) is 18.2 Å². The van der Waals surface area contributed by atoms with Gasteiger partial charge in [0.2, 0.25) is 0 Å². The van der Waals surface area contributed by atoms with Gasteiger partial charge in [0.05, 0.1) is 9.93 Å². The number of carbonyl (C=O) groups is 2. The van der Waals surface area contributed by atoms with Gasteiger partial charge in [0.25, 0.3) is 5.91 Å². The predicted octanol–water partition coefficient (Wildman–Crippen LogP) is 2.94. The average molecular weight is 393 g/mol. The first-order valence-corrected chi connectivity index (χ1v) is 8.86. The number of amides is 1. The topological polar surface area (TPSA) is 73.6 Å². The van der Waals surface area contributed by atoms with Crippen LogP contribution in [-0.4, -0.2) is 27.6 Å². The lowest BCUT2D eigenvalue weighted by molar-refractivity contribution is -0.305. The zero-order valence-corrected chi connectivity index (χ0v) is 15.1. The number of thioether (sulfide) groups is 1. The molecule has 1 aliphatic rings. The molecule has 0 atom stereocenters. The quantitative estimate of drug-likeness (QED) is 0.575. The van der Waals surface area contributed by atoms with Crippen LogP contribution in [0.15, 0.2) is 45.7 Å². The Balaban J connectivity index is 1.80. The molecular formula is C17H11ClNO4S2-. The van der Waals surface area contributed by atoms with E-state index in [-0.39, 0.29) is 18.9 Å². The van der Waals surface area contributed by atoms with Gasteiger partial charge in [-0.1, -0.05) is 47.7 Å². The minimum Gasteiger partial charge on any atom is -0.550 e. The first kappa shape index (κ1) is 17.7. The predicted molar refractivity (Wildman–Crippen MR) is 98.7 cm³/mol. The molecule has 1 aromatic carbocycles. The molecule has 1 aromatic heterocycles. The SMILES string of the molecule is O=C([O-])CCN1C(=O)/C(=C/c2ccc(-c3ccccc3Cl)o2)SC1=S. The first-order chi connectivity index (χ1) is 12.0. The van der Waals surface area contributed by atoms with E-state index in [0.717, 1.165) is 17.3 Å². The molecule has 5 nitrogen and oxygen atoms in total. The van der Waals surface area contributed by atoms with E-state index in [1.165, 1.54) is 4.90 Å². The van der Waals surface area contributed by atoms with Gasteiger partial charge in [0.1, 0.15) is 15.8 Å². The number of hydrogen-bond acceptors (Lipinski definition) is 6. The summed E-state index contributed by atoms with van der Waals surface area (Å²) in [5, 5.41) is 11.1. The normalized spacial score (nSPS) is 16.0. The third kappa shape index (κ3) is 3.95. The van der Waals surface area contributed by atoms with Crippen molar-refractivity contribution in [1.29, 1.82) is 0 Å². The van der Waals surface area contributed by atoms with Crippen molar-refractivity contribution < 1.29 is 19.1 Å². The summed E-state index contributed by atoms with van der Waals surface area (Å²) in [6, 6.07) is 10.8. The lowest BCUT2D eigenvalue weighted by atomic mass is 10.2. The molecule has 2 heterocycles. The summed E-state index contributed by atoms with van der Waals surface area (Å²) in [7, 11) is 0. The zero-order valence-electron chi connectivity index (χ0n) is 12.7. The van der Waals surface area contributed by atoms with Crippen LogP contribution in [0.5, 0.6) is 0 Å². The van der Waals surface area contributed by atoms with Crippen LogP contribution in [0.4, 0.5) is 0 Å². The lowest BCUT2D eigenvalue weighted by Gasteiger charge is -2.14. The molecule has 1 amide bonds. The highest BCUT2D eigenvalue weighted by Gasteiger charge is 2.31. The molecule has 0 unspecified atom stereocenters. The number of carboxylic acid groups (broad SMARTS) is 1. The van der Waals surface area contributed by atoms with E-state index < -0.39 is 5.97 Å². The molecule has 0 N–H and O–H groups in total. The van der Waals surface area contributed by atoms with Gasteiger partial charge in [-0.15, -0.1) is 0 Å². The van der Waals surface area contributed by atoms with Crippen LogP contribution in [0.1, 0.15) is 12.2 Å². The summed E-state index contributed by atoms with van der Waals surface area (Å²) in [5.74, 6) is -0.500. The molecular weight excluding hydrogens is 382 g/mol. The highest BCUT2D eigenvalue weighted by Crippen LogP contribution is 2.34. The monoisotopic (exact) mass is 392 g/mol. The van der Waals surface area contributed by atoms with Crippen molar-refractivity contribution >= 4 is 57.9 Å². The van der Waals surface area contributed by atoms with E-state index in [0.29, 0.717) is 25.8 Å². The molecule has 8 heteroatoms. The Morgan fingerprint density at radius 1 is 1.32 bits per heavy atom. The van der Waals surface area contributed by atoms with Gasteiger partial charge < -0.3 is 14.3 Å². The Morgan fingerprint density at radius 3 is 2.80 bits per heavy atom. The summed E-state index contributed by atoms with van der Waals surface area (Å²) in [4.78, 5) is 24.5. The average Bonchev–Trinajstić information content (AvgIpc) is 3.12. The summed E-state index contributed by atoms with van der Waals surface area (Å²) in [6.45, 7) is -0.00658. The van der Waals surface area contributed by atoms with Crippen molar-refractivity contribution in [3.63, 3.8) is 0 Å². The number of nitrogens with zero attached hydrogens (tertiary/aromatic N) is 1. The van der Waals surface area contributed by atoms with Gasteiger partial charge >= 0.3 is 0 Å². The van der Waals surface area contributed by atoms with Crippen molar-refractivity contribution in [3.8, 4) is 11.3 Å². The molecule has 1 fully saturated rings. The van der Waals surface area contributed by atoms with Gasteiger partial charge in [0.15, 0.2) is 0 Å². The van der Waals surface area contributed by atoms with E-state index in [9.17, 15) is 14.7 Å². The molecule has 0 radical (unpaired) electrons. The minimum atomic E-state index is -1.23. The first-order valence-electron chi connectivity index (χ1n) is 7.25. The fourth-order valence-electron chi connectivity index (χ4n) is 2.26. The largest absolute Gasteiger partial charge is 0.550 e. The Hall–Kier alpha value is -2.09. The summed E-state index contributed by atoms with van der Waals surface area (Å²) >= 11 is 12.4. The number of carboxylic acids is 1. The van der Waals surface area contributed by atoms with Gasteiger partial charge in [-0.25, -0.2) is 0 Å². The second kappa shape index (κ2) is 7.43. The summed E-state index contributed by atoms with van der Waals surface area (Å²) in [6.07, 6.45) is 1.32. The van der Waals surface area contributed by atoms with Crippen molar-refractivity contribution in [2.75, 3.05) is 6.54 Å². The smallest absolute Gasteiger partial charge is 0.266 e. The number of furan rings is 1. The number of thiocarbonyl (C=S) groups is 1. The highest BCUT2D eigenvalue weighted by atomic mass is 35.5. The van der Waals surface area contributed by atoms with Gasteiger partial charge in [-0.2, -0.15) is 0 Å². The molecule has 2 aromatic rings. The Kier molecular flexibility index (Phi) is 5.27. The van der Waals surface area contributed by atoms with Crippen LogP contribution in [-0.2, 0) is 9.59 Å². The molecule has 0 spiro atoms. The van der Waals surface area contributed by atoms with Crippen LogP contribution >= 0.6 is 35.6 Å². The number of hydrogen-bond donors (Lipinski definition) is 0. The lowest BCUT2D eigenvalue weighted by Crippen LogP contribution is -2.33. The van der Waals surface area contributed by atoms with Crippen LogP contribution in [0.2, 0.25) is 5.02 Å². The molecule has 0 bridgehead atoms. The summed E-state index contributed by atoms with van der Waals surface area (Å²) in [5.41, 5.74) is 0.755. The molecule has 0 aliphatic carbocycles. The zero-order chi connectivity index (χ0) is 18.0. The Bertz CT molecular complexity index is 890. The number of benzene rings is 1. The van der Waals surface area contributed by atoms with Crippen LogP contribution in [0, 0.1) is 0 Å². The van der Waals surface area contributed by atoms with E-state index in [1.54, 1.807) is 24.3 Å². The maximum Gasteiger partial charge on any atom is 0.266 e. The van der Waals surface area contributed by atoms with Crippen LogP contribution in [0.3, 0.4) is 0 Å². The van der Waals surface area contributed by atoms with Crippen molar-refractivity contribution in [2.45, 2.75) is 6.42 Å². The van der Waals surface area contributed by atoms with Gasteiger partial charge in [-0.3, -0.25) is 9.69 Å². The molecule has 1 aliphatic heterocycles. The maximum atomic E-state index is 12.3. The maximum absolute atomic E-state index is 12.3. The second-order valence-electron chi connectivity index (χ2n) is 5.14. The molecule has 25 heavy (non-hydrogen) atoms. The van der Waals surface area contributed by atoms with E-state index in [2.05, 4.69) is 0 Å². The van der Waals surface area contributed by atoms with Gasteiger partial charge in [0, 0.05) is 30.6 Å². The fraction of sp³-hybridized carbons (Fsp3) is 0.118. The van der Waals surface area contributed by atoms with Crippen molar-refractivity contribution in [3.05, 3.63) is 52.1 Å². The minimum absolute atomic E-state index is 0.00658. The number of carbonyl (C=O) groups excluding carboxylic acids is 2. The molecule has 128 valence electrons. The van der Waals surface area contributed by atoms with Crippen molar-refractivity contribution in [2.24, 2.45) is 0 Å². The standard InChI is InChI=1S/C17H12ClNO4S2/c18-12-4-2-1-3-11(12)13-6-5-10(23-13)9-14-16(22)19(17(24)25-14)8-7-15(20)21/h1-6,9H,7-8H2,(H,20,21)/p-1/b14-9-. The second-order valence-corrected chi connectivity index (χ2v) is 7.22. The highest BCUT2D eigenvalue weighted by molar-refractivity contribution is 8.26. The third-order valence-electron chi connectivity index (χ3n) is 3.45. The number of rotatable bonds is 5. The van der Waals surface area contributed by atoms with E-state index >= 15 is 0 Å². The molecule has 3 rings (SSSR count). The van der Waals surface area contributed by atoms with E-state index in [4.69, 9.17) is 28.2 Å². The number of aliphatic carboxylic acids is 1. The van der Waals surface area contributed by atoms with Crippen LogP contribution in [0.25, 0.3) is 17.4 Å². The number of halogens is 1. The van der Waals surface area contributed by atoms with Crippen molar-refractivity contribution in [1.82, 2.24) is 4.90 Å². The third-order valence-corrected chi connectivity index (χ3v) is 5.16. The van der Waals surface area contributed by atoms with Gasteiger partial charge in [-0.05, 0) is 24.3 Å². The van der Waals surface area contributed by atoms with Crippen LogP contribution < -0.4 is 5.11 Å².